The smallest absolute Gasteiger partial charge is 0.0764 e. The second-order valence-electron chi connectivity index (χ2n) is 3.93. The van der Waals surface area contributed by atoms with Crippen LogP contribution in [-0.4, -0.2) is 33.1 Å². The van der Waals surface area contributed by atoms with E-state index in [9.17, 15) is 0 Å². The molecule has 0 radical (unpaired) electrons. The van der Waals surface area contributed by atoms with Gasteiger partial charge in [0.1, 0.15) is 0 Å². The van der Waals surface area contributed by atoms with Crippen molar-refractivity contribution in [2.75, 3.05) is 13.1 Å². The van der Waals surface area contributed by atoms with Gasteiger partial charge in [-0.2, -0.15) is 5.10 Å². The van der Waals surface area contributed by atoms with Crippen molar-refractivity contribution >= 4 is 11.6 Å². The van der Waals surface area contributed by atoms with Crippen LogP contribution < -0.4 is 0 Å². The first kappa shape index (κ1) is 9.99. The Morgan fingerprint density at radius 3 is 2.79 bits per heavy atom. The molecule has 1 aliphatic heterocycles. The van der Waals surface area contributed by atoms with Crippen molar-refractivity contribution in [2.45, 2.75) is 24.8 Å². The summed E-state index contributed by atoms with van der Waals surface area (Å²) < 4.78 is 1.85. The fourth-order valence-electron chi connectivity index (χ4n) is 1.84. The Bertz CT molecular complexity index is 289. The standard InChI is InChI=1S/C10H16ClN3/c1-13-5-4-10(12-13)8-14-6-2-9(11)3-7-14/h4-5,9H,2-3,6-8H2,1H3. The van der Waals surface area contributed by atoms with Crippen LogP contribution in [0.5, 0.6) is 0 Å². The molecule has 78 valence electrons. The highest BCUT2D eigenvalue weighted by atomic mass is 35.5. The molecule has 1 aromatic rings. The largest absolute Gasteiger partial charge is 0.297 e. The summed E-state index contributed by atoms with van der Waals surface area (Å²) >= 11 is 6.04. The maximum atomic E-state index is 6.04. The molecule has 0 saturated carbocycles. The molecule has 1 aromatic heterocycles. The minimum atomic E-state index is 0.384. The molecule has 1 aliphatic rings. The molecule has 0 aromatic carbocycles. The van der Waals surface area contributed by atoms with Crippen LogP contribution in [0.25, 0.3) is 0 Å². The molecule has 0 amide bonds. The van der Waals surface area contributed by atoms with E-state index in [1.165, 1.54) is 0 Å². The number of aryl methyl sites for hydroxylation is 1. The van der Waals surface area contributed by atoms with Crippen molar-refractivity contribution < 1.29 is 0 Å². The quantitative estimate of drug-likeness (QED) is 0.697. The van der Waals surface area contributed by atoms with Gasteiger partial charge in [-0.3, -0.25) is 9.58 Å². The molecule has 0 spiro atoms. The zero-order valence-corrected chi connectivity index (χ0v) is 9.24. The van der Waals surface area contributed by atoms with Crippen LogP contribution >= 0.6 is 11.6 Å². The van der Waals surface area contributed by atoms with Crippen molar-refractivity contribution in [3.05, 3.63) is 18.0 Å². The third-order valence-electron chi connectivity index (χ3n) is 2.67. The van der Waals surface area contributed by atoms with Gasteiger partial charge in [0.2, 0.25) is 0 Å². The van der Waals surface area contributed by atoms with Crippen LogP contribution in [0.15, 0.2) is 12.3 Å². The second kappa shape index (κ2) is 4.32. The van der Waals surface area contributed by atoms with E-state index in [-0.39, 0.29) is 0 Å². The van der Waals surface area contributed by atoms with E-state index in [1.807, 2.05) is 17.9 Å². The number of hydrogen-bond donors (Lipinski definition) is 0. The summed E-state index contributed by atoms with van der Waals surface area (Å²) in [5, 5.41) is 4.75. The molecule has 0 bridgehead atoms. The summed E-state index contributed by atoms with van der Waals surface area (Å²) in [5.74, 6) is 0. The second-order valence-corrected chi connectivity index (χ2v) is 4.55. The maximum absolute atomic E-state index is 6.04. The summed E-state index contributed by atoms with van der Waals surface area (Å²) in [6.45, 7) is 3.17. The van der Waals surface area contributed by atoms with Crippen molar-refractivity contribution in [3.63, 3.8) is 0 Å². The average molecular weight is 214 g/mol. The third-order valence-corrected chi connectivity index (χ3v) is 3.11. The lowest BCUT2D eigenvalue weighted by molar-refractivity contribution is 0.220. The average Bonchev–Trinajstić information content (AvgIpc) is 2.56. The minimum Gasteiger partial charge on any atom is -0.297 e. The molecule has 2 rings (SSSR count). The Morgan fingerprint density at radius 2 is 2.21 bits per heavy atom. The SMILES string of the molecule is Cn1ccc(CN2CCC(Cl)CC2)n1. The highest BCUT2D eigenvalue weighted by Crippen LogP contribution is 2.16. The van der Waals surface area contributed by atoms with Gasteiger partial charge in [-0.05, 0) is 32.0 Å². The van der Waals surface area contributed by atoms with Crippen LogP contribution in [0.3, 0.4) is 0 Å². The fraction of sp³-hybridized carbons (Fsp3) is 0.700. The molecule has 2 heterocycles. The maximum Gasteiger partial charge on any atom is 0.0764 e. The lowest BCUT2D eigenvalue weighted by atomic mass is 10.1. The van der Waals surface area contributed by atoms with Crippen molar-refractivity contribution in [1.82, 2.24) is 14.7 Å². The molecule has 4 heteroatoms. The van der Waals surface area contributed by atoms with E-state index >= 15 is 0 Å². The van der Waals surface area contributed by atoms with Gasteiger partial charge in [-0.1, -0.05) is 0 Å². The number of piperidine rings is 1. The number of aromatic nitrogens is 2. The van der Waals surface area contributed by atoms with Crippen molar-refractivity contribution in [3.8, 4) is 0 Å². The predicted molar refractivity (Wildman–Crippen MR) is 57.4 cm³/mol. The Kier molecular flexibility index (Phi) is 3.08. The number of nitrogens with zero attached hydrogens (tertiary/aromatic N) is 3. The molecule has 0 N–H and O–H groups in total. The van der Waals surface area contributed by atoms with E-state index in [4.69, 9.17) is 11.6 Å². The first-order valence-electron chi connectivity index (χ1n) is 5.09. The Balaban J connectivity index is 1.86. The van der Waals surface area contributed by atoms with E-state index in [1.54, 1.807) is 0 Å². The molecule has 1 saturated heterocycles. The van der Waals surface area contributed by atoms with Gasteiger partial charge >= 0.3 is 0 Å². The predicted octanol–water partition coefficient (Wildman–Crippen LogP) is 1.62. The van der Waals surface area contributed by atoms with Crippen LogP contribution in [0, 0.1) is 0 Å². The topological polar surface area (TPSA) is 21.1 Å². The molecule has 0 atom stereocenters. The summed E-state index contributed by atoms with van der Waals surface area (Å²) in [5.41, 5.74) is 1.15. The summed E-state index contributed by atoms with van der Waals surface area (Å²) in [6, 6.07) is 2.08. The fourth-order valence-corrected chi connectivity index (χ4v) is 2.03. The highest BCUT2D eigenvalue weighted by Gasteiger charge is 2.17. The van der Waals surface area contributed by atoms with Gasteiger partial charge in [-0.25, -0.2) is 0 Å². The van der Waals surface area contributed by atoms with Crippen LogP contribution in [0.1, 0.15) is 18.5 Å². The number of likely N-dealkylation sites (tertiary alicyclic amines) is 1. The molecular weight excluding hydrogens is 198 g/mol. The Hall–Kier alpha value is -0.540. The van der Waals surface area contributed by atoms with E-state index < -0.39 is 0 Å². The van der Waals surface area contributed by atoms with E-state index in [2.05, 4.69) is 16.1 Å². The molecule has 3 nitrogen and oxygen atoms in total. The van der Waals surface area contributed by atoms with Crippen LogP contribution in [0.2, 0.25) is 0 Å². The van der Waals surface area contributed by atoms with Gasteiger partial charge in [0.25, 0.3) is 0 Å². The number of halogens is 1. The van der Waals surface area contributed by atoms with Gasteiger partial charge in [0.15, 0.2) is 0 Å². The summed E-state index contributed by atoms with van der Waals surface area (Å²) in [7, 11) is 1.95. The van der Waals surface area contributed by atoms with E-state index in [0.29, 0.717) is 5.38 Å². The minimum absolute atomic E-state index is 0.384. The monoisotopic (exact) mass is 213 g/mol. The van der Waals surface area contributed by atoms with Crippen LogP contribution in [0.4, 0.5) is 0 Å². The number of rotatable bonds is 2. The lowest BCUT2D eigenvalue weighted by Gasteiger charge is -2.28. The zero-order valence-electron chi connectivity index (χ0n) is 8.49. The number of hydrogen-bond acceptors (Lipinski definition) is 2. The lowest BCUT2D eigenvalue weighted by Crippen LogP contribution is -2.33. The summed E-state index contributed by atoms with van der Waals surface area (Å²) in [4.78, 5) is 2.42. The molecule has 0 aliphatic carbocycles. The zero-order chi connectivity index (χ0) is 9.97. The summed E-state index contributed by atoms with van der Waals surface area (Å²) in [6.07, 6.45) is 4.20. The van der Waals surface area contributed by atoms with Crippen molar-refractivity contribution in [1.29, 1.82) is 0 Å². The van der Waals surface area contributed by atoms with E-state index in [0.717, 1.165) is 38.2 Å². The molecule has 0 unspecified atom stereocenters. The Morgan fingerprint density at radius 1 is 1.50 bits per heavy atom. The van der Waals surface area contributed by atoms with Crippen LogP contribution in [-0.2, 0) is 13.6 Å². The first-order valence-corrected chi connectivity index (χ1v) is 5.52. The van der Waals surface area contributed by atoms with Gasteiger partial charge in [0.05, 0.1) is 5.69 Å². The van der Waals surface area contributed by atoms with Gasteiger partial charge < -0.3 is 0 Å². The molecule has 1 fully saturated rings. The number of alkyl halides is 1. The highest BCUT2D eigenvalue weighted by molar-refractivity contribution is 6.20. The van der Waals surface area contributed by atoms with Crippen molar-refractivity contribution in [2.24, 2.45) is 7.05 Å². The Labute approximate surface area is 89.7 Å². The normalized spacial score (nSPS) is 20.1. The molecular formula is C10H16ClN3. The van der Waals surface area contributed by atoms with Gasteiger partial charge in [-0.15, -0.1) is 11.6 Å². The third kappa shape index (κ3) is 2.49. The molecule has 14 heavy (non-hydrogen) atoms. The first-order chi connectivity index (χ1) is 6.74. The van der Waals surface area contributed by atoms with Gasteiger partial charge in [0, 0.05) is 25.2 Å².